The fraction of sp³-hybridized carbons (Fsp3) is 0.100. The van der Waals surface area contributed by atoms with Gasteiger partial charge in [-0.3, -0.25) is 0 Å². The number of hydrogen-bond donors (Lipinski definition) is 1. The number of benzene rings is 1. The lowest BCUT2D eigenvalue weighted by molar-refractivity contribution is -0.119. The van der Waals surface area contributed by atoms with Crippen LogP contribution in [0.3, 0.4) is 0 Å². The summed E-state index contributed by atoms with van der Waals surface area (Å²) in [5.41, 5.74) is -0.870. The van der Waals surface area contributed by atoms with E-state index in [1.165, 1.54) is 30.3 Å². The average Bonchev–Trinajstić information content (AvgIpc) is 2.20. The van der Waals surface area contributed by atoms with Crippen molar-refractivity contribution in [3.63, 3.8) is 0 Å². The number of rotatable bonds is 1. The largest absolute Gasteiger partial charge is 0.503 e. The quantitative estimate of drug-likeness (QED) is 0.607. The Balaban J connectivity index is 3.29. The van der Waals surface area contributed by atoms with Gasteiger partial charge in [0.05, 0.1) is 0 Å². The maximum absolute atomic E-state index is 12.2. The molecule has 2 nitrogen and oxygen atoms in total. The van der Waals surface area contributed by atoms with Crippen LogP contribution in [0.1, 0.15) is 5.56 Å². The van der Waals surface area contributed by atoms with E-state index in [4.69, 9.17) is 22.0 Å². The van der Waals surface area contributed by atoms with E-state index >= 15 is 0 Å². The molecule has 16 heavy (non-hydrogen) atoms. The highest BCUT2D eigenvalue weighted by Crippen LogP contribution is 2.30. The zero-order valence-corrected chi connectivity index (χ0v) is 8.47. The van der Waals surface area contributed by atoms with Crippen LogP contribution in [0, 0.1) is 11.3 Å². The number of aliphatic hydroxyl groups is 1. The maximum atomic E-state index is 12.2. The molecular formula is C10H5ClF3NO. The minimum Gasteiger partial charge on any atom is -0.503 e. The molecule has 0 aliphatic heterocycles. The van der Waals surface area contributed by atoms with Gasteiger partial charge >= 0.3 is 6.18 Å². The van der Waals surface area contributed by atoms with E-state index in [0.717, 1.165) is 0 Å². The zero-order chi connectivity index (χ0) is 12.3. The van der Waals surface area contributed by atoms with E-state index in [1.54, 1.807) is 0 Å². The second-order valence-corrected chi connectivity index (χ2v) is 3.28. The number of alkyl halides is 3. The van der Waals surface area contributed by atoms with Crippen molar-refractivity contribution in [2.45, 2.75) is 6.18 Å². The molecule has 0 saturated carbocycles. The van der Waals surface area contributed by atoms with Gasteiger partial charge in [0.15, 0.2) is 0 Å². The molecule has 84 valence electrons. The van der Waals surface area contributed by atoms with E-state index in [2.05, 4.69) is 0 Å². The minimum atomic E-state index is -4.94. The summed E-state index contributed by atoms with van der Waals surface area (Å²) in [6, 6.07) is 6.42. The molecule has 0 aromatic heterocycles. The summed E-state index contributed by atoms with van der Waals surface area (Å²) in [6.07, 6.45) is -4.94. The third-order valence-electron chi connectivity index (χ3n) is 1.75. The predicted octanol–water partition coefficient (Wildman–Crippen LogP) is 3.69. The molecule has 1 rings (SSSR count). The number of nitrogens with zero attached hydrogens (tertiary/aromatic N) is 1. The lowest BCUT2D eigenvalue weighted by Gasteiger charge is -2.07. The second kappa shape index (κ2) is 4.45. The SMILES string of the molecule is N#C/C(=C(/O)C(F)(F)F)c1ccc(Cl)cc1. The topological polar surface area (TPSA) is 44.0 Å². The lowest BCUT2D eigenvalue weighted by Crippen LogP contribution is -2.13. The van der Waals surface area contributed by atoms with Crippen LogP contribution in [0.15, 0.2) is 30.0 Å². The molecule has 0 amide bonds. The molecule has 0 fully saturated rings. The van der Waals surface area contributed by atoms with E-state index in [9.17, 15) is 13.2 Å². The molecule has 0 heterocycles. The molecule has 0 aliphatic rings. The molecule has 0 unspecified atom stereocenters. The highest BCUT2D eigenvalue weighted by Gasteiger charge is 2.37. The Labute approximate surface area is 94.2 Å². The number of allylic oxidation sites excluding steroid dienone is 2. The first-order valence-corrected chi connectivity index (χ1v) is 4.40. The lowest BCUT2D eigenvalue weighted by atomic mass is 10.1. The average molecular weight is 248 g/mol. The van der Waals surface area contributed by atoms with Gasteiger partial charge in [-0.25, -0.2) is 0 Å². The van der Waals surface area contributed by atoms with Crippen LogP contribution in [0.2, 0.25) is 5.02 Å². The number of hydrogen-bond acceptors (Lipinski definition) is 2. The van der Waals surface area contributed by atoms with Crippen molar-refractivity contribution in [3.05, 3.63) is 40.6 Å². The van der Waals surface area contributed by atoms with Gasteiger partial charge in [0, 0.05) is 5.02 Å². The Hall–Kier alpha value is -1.67. The van der Waals surface area contributed by atoms with Crippen molar-refractivity contribution in [2.24, 2.45) is 0 Å². The molecule has 0 aliphatic carbocycles. The third-order valence-corrected chi connectivity index (χ3v) is 2.00. The highest BCUT2D eigenvalue weighted by atomic mass is 35.5. The van der Waals surface area contributed by atoms with Gasteiger partial charge in [0.25, 0.3) is 0 Å². The van der Waals surface area contributed by atoms with Crippen molar-refractivity contribution in [1.82, 2.24) is 0 Å². The summed E-state index contributed by atoms with van der Waals surface area (Å²) >= 11 is 5.55. The molecule has 1 N–H and O–H groups in total. The van der Waals surface area contributed by atoms with E-state index in [0.29, 0.717) is 5.02 Å². The third kappa shape index (κ3) is 2.67. The highest BCUT2D eigenvalue weighted by molar-refractivity contribution is 6.30. The Morgan fingerprint density at radius 1 is 1.25 bits per heavy atom. The van der Waals surface area contributed by atoms with Crippen molar-refractivity contribution in [2.75, 3.05) is 0 Å². The smallest absolute Gasteiger partial charge is 0.450 e. The molecule has 0 atom stereocenters. The van der Waals surface area contributed by atoms with Gasteiger partial charge in [0.1, 0.15) is 11.6 Å². The summed E-state index contributed by atoms with van der Waals surface area (Å²) in [6.45, 7) is 0. The number of aliphatic hydroxyl groups excluding tert-OH is 1. The maximum Gasteiger partial charge on any atom is 0.450 e. The first-order chi connectivity index (χ1) is 7.36. The fourth-order valence-electron chi connectivity index (χ4n) is 1.01. The first-order valence-electron chi connectivity index (χ1n) is 4.02. The van der Waals surface area contributed by atoms with Crippen LogP contribution in [0.4, 0.5) is 13.2 Å². The molecule has 0 radical (unpaired) electrons. The molecule has 6 heteroatoms. The first kappa shape index (κ1) is 12.4. The van der Waals surface area contributed by atoms with Crippen molar-refractivity contribution in [1.29, 1.82) is 5.26 Å². The van der Waals surface area contributed by atoms with Crippen LogP contribution in [-0.4, -0.2) is 11.3 Å². The molecule has 0 bridgehead atoms. The monoisotopic (exact) mass is 247 g/mol. The van der Waals surface area contributed by atoms with Crippen LogP contribution >= 0.6 is 11.6 Å². The van der Waals surface area contributed by atoms with Gasteiger partial charge < -0.3 is 5.11 Å². The van der Waals surface area contributed by atoms with Crippen molar-refractivity contribution in [3.8, 4) is 6.07 Å². The van der Waals surface area contributed by atoms with Crippen molar-refractivity contribution >= 4 is 17.2 Å². The molecule has 1 aromatic rings. The normalized spacial score (nSPS) is 12.9. The standard InChI is InChI=1S/C10H5ClF3NO/c11-7-3-1-6(2-4-7)8(5-15)9(16)10(12,13)14/h1-4,16H/b9-8-. The Morgan fingerprint density at radius 3 is 2.12 bits per heavy atom. The summed E-state index contributed by atoms with van der Waals surface area (Å²) in [5, 5.41) is 17.8. The molecule has 1 aromatic carbocycles. The molecular weight excluding hydrogens is 243 g/mol. The van der Waals surface area contributed by atoms with E-state index in [-0.39, 0.29) is 5.56 Å². The summed E-state index contributed by atoms with van der Waals surface area (Å²) in [7, 11) is 0. The minimum absolute atomic E-state index is 0.0401. The van der Waals surface area contributed by atoms with Crippen LogP contribution in [-0.2, 0) is 0 Å². The van der Waals surface area contributed by atoms with Gasteiger partial charge in [-0.2, -0.15) is 18.4 Å². The Morgan fingerprint density at radius 2 is 1.75 bits per heavy atom. The summed E-state index contributed by atoms with van der Waals surface area (Å²) in [5.74, 6) is -1.91. The molecule has 0 saturated heterocycles. The summed E-state index contributed by atoms with van der Waals surface area (Å²) in [4.78, 5) is 0. The van der Waals surface area contributed by atoms with Gasteiger partial charge in [0.2, 0.25) is 5.76 Å². The Bertz CT molecular complexity index is 456. The Kier molecular flexibility index (Phi) is 3.45. The zero-order valence-electron chi connectivity index (χ0n) is 7.72. The van der Waals surface area contributed by atoms with Gasteiger partial charge in [-0.1, -0.05) is 23.7 Å². The van der Waals surface area contributed by atoms with Gasteiger partial charge in [-0.15, -0.1) is 0 Å². The van der Waals surface area contributed by atoms with Crippen molar-refractivity contribution < 1.29 is 18.3 Å². The van der Waals surface area contributed by atoms with E-state index in [1.807, 2.05) is 0 Å². The number of nitriles is 1. The van der Waals surface area contributed by atoms with E-state index < -0.39 is 17.5 Å². The van der Waals surface area contributed by atoms with Crippen LogP contribution < -0.4 is 0 Å². The van der Waals surface area contributed by atoms with Crippen LogP contribution in [0.25, 0.3) is 5.57 Å². The second-order valence-electron chi connectivity index (χ2n) is 2.84. The van der Waals surface area contributed by atoms with Gasteiger partial charge in [-0.05, 0) is 17.7 Å². The number of halogens is 4. The predicted molar refractivity (Wildman–Crippen MR) is 52.7 cm³/mol. The fourth-order valence-corrected chi connectivity index (χ4v) is 1.14. The van der Waals surface area contributed by atoms with Crippen LogP contribution in [0.5, 0.6) is 0 Å². The molecule has 0 spiro atoms. The summed E-state index contributed by atoms with van der Waals surface area (Å²) < 4.78 is 36.5.